The molecule has 0 aliphatic carbocycles. The fourth-order valence-electron chi connectivity index (χ4n) is 0.118. The molecule has 0 aromatic rings. The summed E-state index contributed by atoms with van der Waals surface area (Å²) in [6.45, 7) is 0. The summed E-state index contributed by atoms with van der Waals surface area (Å²) in [5, 5.41) is 0. The monoisotopic (exact) mass is 124 g/mol. The zero-order valence-electron chi connectivity index (χ0n) is 3.28. The van der Waals surface area contributed by atoms with E-state index in [9.17, 15) is 0 Å². The van der Waals surface area contributed by atoms with Crippen molar-refractivity contribution in [1.82, 2.24) is 0 Å². The van der Waals surface area contributed by atoms with Crippen LogP contribution in [0.4, 0.5) is 0 Å². The molecule has 0 N–H and O–H groups in total. The molecule has 0 bridgehead atoms. The highest BCUT2D eigenvalue weighted by atomic mass is 31.0. The van der Waals surface area contributed by atoms with Crippen molar-refractivity contribution in [1.29, 1.82) is 0 Å². The molecule has 0 heterocycles. The number of hydrogen-bond acceptors (Lipinski definition) is 0. The molecule has 0 radical (unpaired) electrons. The molecule has 0 aromatic heterocycles. The Hall–Kier alpha value is 1.08. The third kappa shape index (κ3) is 5.08. The second-order valence-electron chi connectivity index (χ2n) is 0.931. The number of rotatable bonds is 2. The highest BCUT2D eigenvalue weighted by Crippen LogP contribution is 1.79. The smallest absolute Gasteiger partial charge is 0.0281 e. The van der Waals surface area contributed by atoms with Gasteiger partial charge >= 0.3 is 0 Å². The predicted molar refractivity (Wildman–Crippen MR) is 37.7 cm³/mol. The van der Waals surface area contributed by atoms with Gasteiger partial charge in [0, 0.05) is 9.52 Å². The molecule has 5 heavy (non-hydrogen) atoms. The molecule has 0 amide bonds. The van der Waals surface area contributed by atoms with Crippen molar-refractivity contribution in [3.63, 3.8) is 0 Å². The van der Waals surface area contributed by atoms with Crippen molar-refractivity contribution in [2.45, 2.75) is 0 Å². The quantitative estimate of drug-likeness (QED) is 0.354. The summed E-state index contributed by atoms with van der Waals surface area (Å²) in [5.74, 6) is 2.76. The topological polar surface area (TPSA) is 0 Å². The summed E-state index contributed by atoms with van der Waals surface area (Å²) in [6.07, 6.45) is 0. The van der Waals surface area contributed by atoms with Crippen LogP contribution in [0.25, 0.3) is 0 Å². The van der Waals surface area contributed by atoms with Gasteiger partial charge in [0.15, 0.2) is 0 Å². The van der Waals surface area contributed by atoms with Crippen LogP contribution in [0.15, 0.2) is 0 Å². The van der Waals surface area contributed by atoms with Crippen LogP contribution in [0.2, 0.25) is 0 Å². The van der Waals surface area contributed by atoms with Gasteiger partial charge in [-0.3, -0.25) is 0 Å². The minimum atomic E-state index is 0.358. The Bertz CT molecular complexity index is 15.1. The minimum Gasteiger partial charge on any atom is -0.141 e. The Balaban J connectivity index is 2.19. The summed E-state index contributed by atoms with van der Waals surface area (Å²) >= 11 is 0. The maximum atomic E-state index is 2.75. The normalized spacial score (nSPS) is 8.40. The summed E-state index contributed by atoms with van der Waals surface area (Å²) in [4.78, 5) is 0. The van der Waals surface area contributed by atoms with Gasteiger partial charge in [-0.15, -0.1) is 18.5 Å². The molecule has 3 heteroatoms. The third-order valence-corrected chi connectivity index (χ3v) is 3.67. The van der Waals surface area contributed by atoms with E-state index < -0.39 is 0 Å². The first-order valence-corrected chi connectivity index (χ1v) is 5.45. The van der Waals surface area contributed by atoms with Crippen LogP contribution in [0, 0.1) is 0 Å². The lowest BCUT2D eigenvalue weighted by Crippen LogP contribution is -1.89. The van der Waals surface area contributed by atoms with Crippen LogP contribution >= 0.6 is 18.5 Å². The van der Waals surface area contributed by atoms with E-state index in [0.717, 1.165) is 0 Å². The fourth-order valence-corrected chi connectivity index (χ4v) is 3.18. The van der Waals surface area contributed by atoms with Crippen LogP contribution in [-0.4, -0.2) is 21.1 Å². The molecule has 2 unspecified atom stereocenters. The zero-order chi connectivity index (χ0) is 4.12. The molecule has 0 nitrogen and oxygen atoms in total. The van der Waals surface area contributed by atoms with E-state index in [2.05, 4.69) is 18.5 Å². The Morgan fingerprint density at radius 3 is 1.60 bits per heavy atom. The molecule has 0 aliphatic heterocycles. The first-order chi connectivity index (χ1) is 2.41. The maximum Gasteiger partial charge on any atom is 0.0281 e. The number of hydrogen-bond donors (Lipinski definition) is 0. The third-order valence-electron chi connectivity index (χ3n) is 0.408. The molecule has 0 spiro atoms. The molecule has 2 atom stereocenters. The average molecular weight is 124 g/mol. The van der Waals surface area contributed by atoms with E-state index in [1.807, 2.05) is 0 Å². The van der Waals surface area contributed by atoms with E-state index >= 15 is 0 Å². The molecule has 0 saturated carbocycles. The predicted octanol–water partition coefficient (Wildman–Crippen LogP) is -0.180. The Kier molecular flexibility index (Phi) is 6.17. The standard InChI is InChI=1S/C2H10P2Si/c3-1-5-2-4/h1-5H2. The summed E-state index contributed by atoms with van der Waals surface area (Å²) in [7, 11) is 5.85. The fraction of sp³-hybridized carbons (Fsp3) is 1.00. The van der Waals surface area contributed by atoms with Crippen LogP contribution in [-0.2, 0) is 0 Å². The summed E-state index contributed by atoms with van der Waals surface area (Å²) < 4.78 is 0. The molecule has 0 aromatic carbocycles. The van der Waals surface area contributed by atoms with Crippen molar-refractivity contribution in [2.24, 2.45) is 0 Å². The Morgan fingerprint density at radius 2 is 1.60 bits per heavy atom. The van der Waals surface area contributed by atoms with Gasteiger partial charge in [-0.1, -0.05) is 0 Å². The van der Waals surface area contributed by atoms with Crippen molar-refractivity contribution >= 4 is 28.0 Å². The Labute approximate surface area is 40.3 Å². The van der Waals surface area contributed by atoms with E-state index in [1.54, 1.807) is 0 Å². The van der Waals surface area contributed by atoms with Gasteiger partial charge in [0.05, 0.1) is 0 Å². The Morgan fingerprint density at radius 1 is 1.20 bits per heavy atom. The van der Waals surface area contributed by atoms with Gasteiger partial charge in [0.2, 0.25) is 0 Å². The van der Waals surface area contributed by atoms with Gasteiger partial charge < -0.3 is 0 Å². The highest BCUT2D eigenvalue weighted by molar-refractivity contribution is 7.24. The lowest BCUT2D eigenvalue weighted by Gasteiger charge is -1.77. The van der Waals surface area contributed by atoms with Crippen molar-refractivity contribution < 1.29 is 0 Å². The largest absolute Gasteiger partial charge is 0.141 e. The van der Waals surface area contributed by atoms with Gasteiger partial charge in [0.1, 0.15) is 0 Å². The van der Waals surface area contributed by atoms with Gasteiger partial charge in [-0.05, 0) is 11.6 Å². The van der Waals surface area contributed by atoms with Gasteiger partial charge in [-0.2, -0.15) is 0 Å². The van der Waals surface area contributed by atoms with Crippen LogP contribution < -0.4 is 0 Å². The molecular weight excluding hydrogens is 114 g/mol. The SMILES string of the molecule is PC[SiH2]CP. The lowest BCUT2D eigenvalue weighted by atomic mass is 11.8. The van der Waals surface area contributed by atoms with Gasteiger partial charge in [-0.25, -0.2) is 0 Å². The second kappa shape index (κ2) is 5.08. The van der Waals surface area contributed by atoms with E-state index in [0.29, 0.717) is 9.52 Å². The lowest BCUT2D eigenvalue weighted by molar-refractivity contribution is 2.02. The first kappa shape index (κ1) is 6.08. The van der Waals surface area contributed by atoms with E-state index in [-0.39, 0.29) is 0 Å². The highest BCUT2D eigenvalue weighted by Gasteiger charge is 1.70. The van der Waals surface area contributed by atoms with Gasteiger partial charge in [0.25, 0.3) is 0 Å². The van der Waals surface area contributed by atoms with Crippen molar-refractivity contribution in [2.75, 3.05) is 11.6 Å². The summed E-state index contributed by atoms with van der Waals surface area (Å²) in [6, 6.07) is 0. The van der Waals surface area contributed by atoms with E-state index in [1.165, 1.54) is 11.6 Å². The van der Waals surface area contributed by atoms with Crippen LogP contribution in [0.5, 0.6) is 0 Å². The molecule has 32 valence electrons. The first-order valence-electron chi connectivity index (χ1n) is 1.82. The molecule has 0 rings (SSSR count). The molecular formula is C2H10P2Si. The van der Waals surface area contributed by atoms with E-state index in [4.69, 9.17) is 0 Å². The molecule has 0 saturated heterocycles. The maximum absolute atomic E-state index is 2.75. The molecule has 0 fully saturated rings. The zero-order valence-corrected chi connectivity index (χ0v) is 7.00. The van der Waals surface area contributed by atoms with Crippen LogP contribution in [0.3, 0.4) is 0 Å². The van der Waals surface area contributed by atoms with Crippen LogP contribution in [0.1, 0.15) is 0 Å². The average Bonchev–Trinajstić information content (AvgIpc) is 1.41. The minimum absolute atomic E-state index is 0.358. The second-order valence-corrected chi connectivity index (χ2v) is 6.26. The van der Waals surface area contributed by atoms with Crippen molar-refractivity contribution in [3.8, 4) is 0 Å². The summed E-state index contributed by atoms with van der Waals surface area (Å²) in [5.41, 5.74) is 0. The van der Waals surface area contributed by atoms with Crippen molar-refractivity contribution in [3.05, 3.63) is 0 Å². The molecule has 0 aliphatic rings.